The number of hydrogen-bond acceptors (Lipinski definition) is 3. The van der Waals surface area contributed by atoms with E-state index in [2.05, 4.69) is 15.9 Å². The van der Waals surface area contributed by atoms with Crippen LogP contribution in [0.4, 0.5) is 0 Å². The molecule has 0 saturated carbocycles. The maximum absolute atomic E-state index is 4.81. The van der Waals surface area contributed by atoms with Gasteiger partial charge in [0.25, 0.3) is 0 Å². The van der Waals surface area contributed by atoms with Gasteiger partial charge in [-0.15, -0.1) is 0 Å². The minimum Gasteiger partial charge on any atom is -0.344 e. The Morgan fingerprint density at radius 1 is 1.40 bits per heavy atom. The molecule has 0 aromatic heterocycles. The zero-order valence-corrected chi connectivity index (χ0v) is 4.40. The fraction of sp³-hybridized carbons (Fsp3) is 1.00. The highest BCUT2D eigenvalue weighted by Crippen LogP contribution is 1.70. The second kappa shape index (κ2) is 4.36. The Hall–Kier alpha value is 0.360. The first-order valence-electron chi connectivity index (χ1n) is 0.885. The van der Waals surface area contributed by atoms with E-state index >= 15 is 0 Å². The third-order valence-electron chi connectivity index (χ3n) is 0. The van der Waals surface area contributed by atoms with Gasteiger partial charge < -0.3 is 17.6 Å². The average Bonchev–Trinajstić information content (AvgIpc) is 0.811. The van der Waals surface area contributed by atoms with Crippen molar-refractivity contribution in [2.75, 3.05) is 0 Å². The fourth-order valence-corrected chi connectivity index (χ4v) is 0. The van der Waals surface area contributed by atoms with Gasteiger partial charge in [0.05, 0.1) is 0 Å². The molecule has 3 nitrogen and oxygen atoms in total. The number of rotatable bonds is 0. The predicted molar refractivity (Wildman–Crippen MR) is 26.1 cm³/mol. The second-order valence-corrected chi connectivity index (χ2v) is 1.50. The third kappa shape index (κ3) is 187. The molecule has 7 N–H and O–H groups in total. The van der Waals surface area contributed by atoms with Crippen molar-refractivity contribution in [3.05, 3.63) is 0 Å². The van der Waals surface area contributed by atoms with Gasteiger partial charge in [0, 0.05) is 0 Å². The van der Waals surface area contributed by atoms with E-state index in [9.17, 15) is 0 Å². The van der Waals surface area contributed by atoms with Gasteiger partial charge >= 0.3 is 0 Å². The molecule has 0 aliphatic heterocycles. The summed E-state index contributed by atoms with van der Waals surface area (Å²) >= 11 is 2.83. The summed E-state index contributed by atoms with van der Waals surface area (Å²) in [5.41, 5.74) is 9.61. The van der Waals surface area contributed by atoms with E-state index in [0.717, 1.165) is 0 Å². The Kier molecular flexibility index (Phi) is 7.87. The lowest BCUT2D eigenvalue weighted by molar-refractivity contribution is 1.01. The number of hydrogen-bond donors (Lipinski definition) is 3. The van der Waals surface area contributed by atoms with Gasteiger partial charge in [0.2, 0.25) is 0 Å². The van der Waals surface area contributed by atoms with E-state index in [1.807, 2.05) is 0 Å². The molecule has 0 atom stereocenters. The van der Waals surface area contributed by atoms with Crippen molar-refractivity contribution in [2.24, 2.45) is 11.5 Å². The molecule has 0 spiro atoms. The van der Waals surface area contributed by atoms with Gasteiger partial charge in [-0.25, -0.2) is 0 Å². The smallest absolute Gasteiger partial charge is 0.110 e. The first-order chi connectivity index (χ1) is 1.73. The van der Waals surface area contributed by atoms with E-state index in [4.69, 9.17) is 11.5 Å². The molecule has 0 rings (SSSR count). The van der Waals surface area contributed by atoms with Crippen molar-refractivity contribution in [1.29, 1.82) is 0 Å². The number of halogens is 1. The predicted octanol–water partition coefficient (Wildman–Crippen LogP) is -0.256. The van der Waals surface area contributed by atoms with E-state index in [1.54, 1.807) is 0 Å². The third-order valence-corrected chi connectivity index (χ3v) is 0. The molecular weight excluding hydrogens is 134 g/mol. The molecule has 0 aromatic rings. The van der Waals surface area contributed by atoms with E-state index in [0.29, 0.717) is 0 Å². The molecule has 0 amide bonds. The summed E-state index contributed by atoms with van der Waals surface area (Å²) < 4.78 is 0. The average molecular weight is 142 g/mol. The van der Waals surface area contributed by atoms with Gasteiger partial charge in [0.1, 0.15) is 5.08 Å². The van der Waals surface area contributed by atoms with E-state index < -0.39 is 0 Å². The SMILES string of the molecule is N.NC(N)Br. The van der Waals surface area contributed by atoms with Crippen LogP contribution in [0, 0.1) is 0 Å². The summed E-state index contributed by atoms with van der Waals surface area (Å²) in [5.74, 6) is 0. The van der Waals surface area contributed by atoms with Gasteiger partial charge in [0.15, 0.2) is 0 Å². The highest BCUT2D eigenvalue weighted by atomic mass is 79.9. The minimum absolute atomic E-state index is 0. The second-order valence-electron chi connectivity index (χ2n) is 0.444. The quantitative estimate of drug-likeness (QED) is 0.247. The summed E-state index contributed by atoms with van der Waals surface area (Å²) in [4.78, 5) is 0. The zero-order valence-electron chi connectivity index (χ0n) is 2.82. The van der Waals surface area contributed by atoms with Gasteiger partial charge in [-0.1, -0.05) is 15.9 Å². The molecule has 34 valence electrons. The van der Waals surface area contributed by atoms with Crippen LogP contribution in [0.5, 0.6) is 0 Å². The molecule has 0 saturated heterocycles. The van der Waals surface area contributed by atoms with Crippen LogP contribution in [0.3, 0.4) is 0 Å². The molecular formula is CH8BrN3. The van der Waals surface area contributed by atoms with Gasteiger partial charge in [-0.2, -0.15) is 0 Å². The van der Waals surface area contributed by atoms with Crippen LogP contribution in [0.15, 0.2) is 0 Å². The van der Waals surface area contributed by atoms with Crippen LogP contribution in [0.2, 0.25) is 0 Å². The molecule has 5 heavy (non-hydrogen) atoms. The van der Waals surface area contributed by atoms with Crippen LogP contribution in [-0.4, -0.2) is 5.08 Å². The lowest BCUT2D eigenvalue weighted by Gasteiger charge is -1.80. The van der Waals surface area contributed by atoms with Crippen LogP contribution in [-0.2, 0) is 0 Å². The first kappa shape index (κ1) is 9.03. The van der Waals surface area contributed by atoms with Crippen LogP contribution < -0.4 is 17.6 Å². The molecule has 0 aliphatic rings. The largest absolute Gasteiger partial charge is 0.344 e. The van der Waals surface area contributed by atoms with E-state index in [-0.39, 0.29) is 11.2 Å². The molecule has 0 aromatic carbocycles. The summed E-state index contributed by atoms with van der Waals surface area (Å²) in [6.07, 6.45) is 0. The summed E-state index contributed by atoms with van der Waals surface area (Å²) in [7, 11) is 0. The summed E-state index contributed by atoms with van der Waals surface area (Å²) in [5, 5.41) is -0.354. The Balaban J connectivity index is 0. The van der Waals surface area contributed by atoms with Crippen LogP contribution in [0.1, 0.15) is 0 Å². The van der Waals surface area contributed by atoms with Crippen molar-refractivity contribution >= 4 is 15.9 Å². The molecule has 0 fully saturated rings. The standard InChI is InChI=1S/CH5BrN2.H3N/c2-1(3)4;/h1H,3-4H2;1H3. The van der Waals surface area contributed by atoms with Crippen LogP contribution >= 0.6 is 15.9 Å². The lowest BCUT2D eigenvalue weighted by atomic mass is 11.3. The van der Waals surface area contributed by atoms with Crippen molar-refractivity contribution in [3.63, 3.8) is 0 Å². The van der Waals surface area contributed by atoms with Gasteiger partial charge in [-0.3, -0.25) is 0 Å². The molecule has 0 aliphatic carbocycles. The van der Waals surface area contributed by atoms with Crippen molar-refractivity contribution < 1.29 is 0 Å². The molecule has 0 radical (unpaired) electrons. The highest BCUT2D eigenvalue weighted by molar-refractivity contribution is 9.09. The fourth-order valence-electron chi connectivity index (χ4n) is 0. The van der Waals surface area contributed by atoms with Gasteiger partial charge in [-0.05, 0) is 0 Å². The van der Waals surface area contributed by atoms with Crippen LogP contribution in [0.25, 0.3) is 0 Å². The summed E-state index contributed by atoms with van der Waals surface area (Å²) in [6.45, 7) is 0. The zero-order chi connectivity index (χ0) is 3.58. The maximum atomic E-state index is 4.81. The molecule has 0 bridgehead atoms. The normalized spacial score (nSPS) is 7.20. The maximum Gasteiger partial charge on any atom is 0.110 e. The Morgan fingerprint density at radius 2 is 1.40 bits per heavy atom. The van der Waals surface area contributed by atoms with E-state index in [1.165, 1.54) is 0 Å². The topological polar surface area (TPSA) is 87.0 Å². The Morgan fingerprint density at radius 3 is 1.40 bits per heavy atom. The first-order valence-corrected chi connectivity index (χ1v) is 1.80. The highest BCUT2D eigenvalue weighted by Gasteiger charge is 1.69. The monoisotopic (exact) mass is 141 g/mol. The summed E-state index contributed by atoms with van der Waals surface area (Å²) in [6, 6.07) is 0. The van der Waals surface area contributed by atoms with Crippen molar-refractivity contribution in [1.82, 2.24) is 6.15 Å². The van der Waals surface area contributed by atoms with Crippen molar-refractivity contribution in [2.45, 2.75) is 5.08 Å². The molecule has 0 heterocycles. The number of alkyl halides is 1. The lowest BCUT2D eigenvalue weighted by Crippen LogP contribution is -2.21. The number of nitrogens with two attached hydrogens (primary N) is 2. The Bertz CT molecular complexity index is 11.6. The Labute approximate surface area is 39.4 Å². The van der Waals surface area contributed by atoms with Crippen molar-refractivity contribution in [3.8, 4) is 0 Å². The minimum atomic E-state index is -0.354. The molecule has 4 heteroatoms. The molecule has 0 unspecified atom stereocenters.